The molecular formula is C12H17N3O2S. The van der Waals surface area contributed by atoms with Gasteiger partial charge < -0.3 is 9.84 Å². The van der Waals surface area contributed by atoms with Gasteiger partial charge in [-0.2, -0.15) is 5.10 Å². The molecule has 1 aliphatic heterocycles. The van der Waals surface area contributed by atoms with Crippen LogP contribution in [-0.2, 0) is 11.3 Å². The zero-order valence-electron chi connectivity index (χ0n) is 10.6. The van der Waals surface area contributed by atoms with E-state index >= 15 is 0 Å². The molecule has 0 bridgehead atoms. The summed E-state index contributed by atoms with van der Waals surface area (Å²) in [6.07, 6.45) is 2.24. The highest BCUT2D eigenvalue weighted by Gasteiger charge is 2.24. The first kappa shape index (κ1) is 12.1. The van der Waals surface area contributed by atoms with Crippen molar-refractivity contribution in [1.29, 1.82) is 0 Å². The molecule has 0 radical (unpaired) electrons. The molecule has 18 heavy (non-hydrogen) atoms. The van der Waals surface area contributed by atoms with Crippen molar-refractivity contribution in [2.75, 3.05) is 6.61 Å². The second-order valence-corrected chi connectivity index (χ2v) is 5.88. The topological polar surface area (TPSA) is 59.7 Å². The average molecular weight is 267 g/mol. The molecule has 0 aromatic carbocycles. The predicted octanol–water partition coefficient (Wildman–Crippen LogP) is 2.26. The summed E-state index contributed by atoms with van der Waals surface area (Å²) < 4.78 is 7.41. The molecule has 1 saturated heterocycles. The van der Waals surface area contributed by atoms with Gasteiger partial charge in [-0.05, 0) is 18.8 Å². The van der Waals surface area contributed by atoms with Crippen LogP contribution < -0.4 is 0 Å². The lowest BCUT2D eigenvalue weighted by atomic mass is 10.1. The highest BCUT2D eigenvalue weighted by molar-refractivity contribution is 7.16. The van der Waals surface area contributed by atoms with Gasteiger partial charge in [-0.3, -0.25) is 0 Å². The van der Waals surface area contributed by atoms with E-state index in [-0.39, 0.29) is 12.7 Å². The van der Waals surface area contributed by atoms with E-state index in [4.69, 9.17) is 4.74 Å². The summed E-state index contributed by atoms with van der Waals surface area (Å²) in [4.78, 5) is 5.43. The SMILES string of the molecule is CC(C)c1nc2sc(C3CCCO3)nn2c1CO. The molecule has 5 nitrogen and oxygen atoms in total. The van der Waals surface area contributed by atoms with Gasteiger partial charge in [-0.15, -0.1) is 0 Å². The van der Waals surface area contributed by atoms with Crippen LogP contribution in [0, 0.1) is 0 Å². The fourth-order valence-corrected chi connectivity index (χ4v) is 3.34. The van der Waals surface area contributed by atoms with Gasteiger partial charge in [-0.1, -0.05) is 25.2 Å². The Kier molecular flexibility index (Phi) is 3.09. The minimum Gasteiger partial charge on any atom is -0.390 e. The van der Waals surface area contributed by atoms with Crippen LogP contribution in [0.15, 0.2) is 0 Å². The van der Waals surface area contributed by atoms with Crippen molar-refractivity contribution in [3.05, 3.63) is 16.4 Å². The molecule has 98 valence electrons. The summed E-state index contributed by atoms with van der Waals surface area (Å²) in [6, 6.07) is 0. The molecule has 2 aromatic heterocycles. The highest BCUT2D eigenvalue weighted by Crippen LogP contribution is 2.33. The van der Waals surface area contributed by atoms with E-state index in [0.29, 0.717) is 5.92 Å². The molecule has 1 aliphatic rings. The molecule has 0 aliphatic carbocycles. The van der Waals surface area contributed by atoms with Crippen molar-refractivity contribution in [2.24, 2.45) is 0 Å². The fourth-order valence-electron chi connectivity index (χ4n) is 2.33. The molecule has 1 atom stereocenters. The standard InChI is InChI=1S/C12H17N3O2S/c1-7(2)10-8(6-16)15-12(13-10)18-11(14-15)9-4-3-5-17-9/h7,9,16H,3-6H2,1-2H3. The molecule has 0 spiro atoms. The molecule has 1 N–H and O–H groups in total. The number of aromatic nitrogens is 3. The Bertz CT molecular complexity index is 555. The molecular weight excluding hydrogens is 250 g/mol. The second kappa shape index (κ2) is 4.60. The molecule has 0 amide bonds. The summed E-state index contributed by atoms with van der Waals surface area (Å²) in [6.45, 7) is 4.94. The smallest absolute Gasteiger partial charge is 0.212 e. The Hall–Kier alpha value is -0.980. The lowest BCUT2D eigenvalue weighted by molar-refractivity contribution is 0.111. The fraction of sp³-hybridized carbons (Fsp3) is 0.667. The number of hydrogen-bond acceptors (Lipinski definition) is 5. The summed E-state index contributed by atoms with van der Waals surface area (Å²) >= 11 is 1.57. The van der Waals surface area contributed by atoms with Crippen molar-refractivity contribution in [3.8, 4) is 0 Å². The van der Waals surface area contributed by atoms with Gasteiger partial charge in [0, 0.05) is 6.61 Å². The van der Waals surface area contributed by atoms with Gasteiger partial charge in [-0.25, -0.2) is 9.50 Å². The lowest BCUT2D eigenvalue weighted by Crippen LogP contribution is -2.02. The molecule has 0 saturated carbocycles. The van der Waals surface area contributed by atoms with Crippen molar-refractivity contribution >= 4 is 16.3 Å². The van der Waals surface area contributed by atoms with Gasteiger partial charge in [0.15, 0.2) is 0 Å². The first-order chi connectivity index (χ1) is 8.70. The van der Waals surface area contributed by atoms with Crippen molar-refractivity contribution in [2.45, 2.75) is 45.3 Å². The molecule has 1 unspecified atom stereocenters. The number of nitrogens with zero attached hydrogens (tertiary/aromatic N) is 3. The monoisotopic (exact) mass is 267 g/mol. The molecule has 6 heteroatoms. The van der Waals surface area contributed by atoms with Gasteiger partial charge in [0.2, 0.25) is 4.96 Å². The number of aliphatic hydroxyl groups is 1. The average Bonchev–Trinajstić information content (AvgIpc) is 3.02. The third-order valence-corrected chi connectivity index (χ3v) is 4.25. The number of imidazole rings is 1. The zero-order valence-corrected chi connectivity index (χ0v) is 11.4. The number of hydrogen-bond donors (Lipinski definition) is 1. The van der Waals surface area contributed by atoms with Crippen LogP contribution >= 0.6 is 11.3 Å². The predicted molar refractivity (Wildman–Crippen MR) is 68.8 cm³/mol. The van der Waals surface area contributed by atoms with Crippen LogP contribution in [0.1, 0.15) is 55.1 Å². The van der Waals surface area contributed by atoms with Crippen LogP contribution in [0.4, 0.5) is 0 Å². The van der Waals surface area contributed by atoms with E-state index in [1.807, 2.05) is 0 Å². The van der Waals surface area contributed by atoms with Gasteiger partial charge >= 0.3 is 0 Å². The number of ether oxygens (including phenoxy) is 1. The van der Waals surface area contributed by atoms with Gasteiger partial charge in [0.25, 0.3) is 0 Å². The van der Waals surface area contributed by atoms with Gasteiger partial charge in [0.1, 0.15) is 11.1 Å². The largest absolute Gasteiger partial charge is 0.390 e. The van der Waals surface area contributed by atoms with Gasteiger partial charge in [0.05, 0.1) is 18.0 Å². The summed E-state index contributed by atoms with van der Waals surface area (Å²) in [5.41, 5.74) is 1.75. The van der Waals surface area contributed by atoms with Crippen molar-refractivity contribution < 1.29 is 9.84 Å². The number of fused-ring (bicyclic) bond motifs is 1. The Morgan fingerprint density at radius 1 is 1.56 bits per heavy atom. The first-order valence-corrected chi connectivity index (χ1v) is 7.13. The summed E-state index contributed by atoms with van der Waals surface area (Å²) in [5, 5.41) is 15.0. The van der Waals surface area contributed by atoms with E-state index in [1.54, 1.807) is 15.9 Å². The minimum atomic E-state index is -0.0244. The van der Waals surface area contributed by atoms with E-state index in [1.165, 1.54) is 0 Å². The van der Waals surface area contributed by atoms with Crippen molar-refractivity contribution in [1.82, 2.24) is 14.6 Å². The molecule has 3 rings (SSSR count). The van der Waals surface area contributed by atoms with Crippen LogP contribution in [-0.4, -0.2) is 26.3 Å². The van der Waals surface area contributed by atoms with E-state index < -0.39 is 0 Å². The van der Waals surface area contributed by atoms with Crippen molar-refractivity contribution in [3.63, 3.8) is 0 Å². The maximum Gasteiger partial charge on any atom is 0.212 e. The first-order valence-electron chi connectivity index (χ1n) is 6.31. The van der Waals surface area contributed by atoms with Crippen LogP contribution in [0.2, 0.25) is 0 Å². The molecule has 1 fully saturated rings. The van der Waals surface area contributed by atoms with Crippen LogP contribution in [0.5, 0.6) is 0 Å². The van der Waals surface area contributed by atoms with Crippen LogP contribution in [0.25, 0.3) is 4.96 Å². The third kappa shape index (κ3) is 1.84. The quantitative estimate of drug-likeness (QED) is 0.926. The number of rotatable bonds is 3. The Morgan fingerprint density at radius 2 is 2.39 bits per heavy atom. The third-order valence-electron chi connectivity index (χ3n) is 3.24. The Morgan fingerprint density at radius 3 is 3.00 bits per heavy atom. The molecule has 3 heterocycles. The number of aliphatic hydroxyl groups excluding tert-OH is 1. The Balaban J connectivity index is 2.05. The summed E-state index contributed by atoms with van der Waals surface area (Å²) in [5.74, 6) is 0.298. The normalized spacial score (nSPS) is 20.3. The lowest BCUT2D eigenvalue weighted by Gasteiger charge is -2.05. The maximum absolute atomic E-state index is 9.50. The zero-order chi connectivity index (χ0) is 12.7. The minimum absolute atomic E-state index is 0.0244. The maximum atomic E-state index is 9.50. The van der Waals surface area contributed by atoms with E-state index in [9.17, 15) is 5.11 Å². The van der Waals surface area contributed by atoms with E-state index in [0.717, 1.165) is 40.8 Å². The highest BCUT2D eigenvalue weighted by atomic mass is 32.1. The second-order valence-electron chi connectivity index (χ2n) is 4.89. The Labute approximate surface area is 109 Å². The van der Waals surface area contributed by atoms with E-state index in [2.05, 4.69) is 23.9 Å². The van der Waals surface area contributed by atoms with Crippen LogP contribution in [0.3, 0.4) is 0 Å². The molecule has 2 aromatic rings. The summed E-state index contributed by atoms with van der Waals surface area (Å²) in [7, 11) is 0.